The largest absolute Gasteiger partial charge is 0.493 e. The van der Waals surface area contributed by atoms with Gasteiger partial charge in [-0.05, 0) is 78.2 Å². The summed E-state index contributed by atoms with van der Waals surface area (Å²) in [5.74, 6) is 1.41. The van der Waals surface area contributed by atoms with Crippen molar-refractivity contribution in [2.75, 3.05) is 13.7 Å². The number of hydrogen-bond donors (Lipinski definition) is 1. The van der Waals surface area contributed by atoms with Crippen LogP contribution in [0.4, 0.5) is 0 Å². The Hall–Kier alpha value is -2.25. The van der Waals surface area contributed by atoms with Crippen molar-refractivity contribution in [1.82, 2.24) is 5.43 Å². The van der Waals surface area contributed by atoms with Gasteiger partial charge in [-0.25, -0.2) is 5.43 Å². The van der Waals surface area contributed by atoms with Gasteiger partial charge >= 0.3 is 0 Å². The van der Waals surface area contributed by atoms with E-state index in [9.17, 15) is 4.79 Å². The van der Waals surface area contributed by atoms with E-state index in [4.69, 9.17) is 25.8 Å². The number of methoxy groups -OCH3 is 1. The summed E-state index contributed by atoms with van der Waals surface area (Å²) < 4.78 is 17.3. The van der Waals surface area contributed by atoms with Gasteiger partial charge in [0.15, 0.2) is 17.6 Å². The van der Waals surface area contributed by atoms with Crippen molar-refractivity contribution >= 4 is 39.7 Å². The Morgan fingerprint density at radius 3 is 2.71 bits per heavy atom. The van der Waals surface area contributed by atoms with E-state index >= 15 is 0 Å². The molecule has 2 aromatic rings. The fourth-order valence-corrected chi connectivity index (χ4v) is 3.15. The molecule has 0 spiro atoms. The first-order chi connectivity index (χ1) is 13.3. The van der Waals surface area contributed by atoms with E-state index < -0.39 is 6.10 Å². The number of carbonyl (C=O) groups is 1. The molecular weight excluding hydrogens is 448 g/mol. The summed E-state index contributed by atoms with van der Waals surface area (Å²) in [7, 11) is 1.56. The van der Waals surface area contributed by atoms with Gasteiger partial charge in [-0.2, -0.15) is 5.10 Å². The summed E-state index contributed by atoms with van der Waals surface area (Å²) in [6.45, 7) is 5.92. The SMILES string of the molecule is CCOc1c(Br)cc(C=NNC(=O)C(C)Oc2ccc(Cl)cc2C)cc1OC. The van der Waals surface area contributed by atoms with Gasteiger partial charge in [-0.1, -0.05) is 11.6 Å². The lowest BCUT2D eigenvalue weighted by molar-refractivity contribution is -0.127. The summed E-state index contributed by atoms with van der Waals surface area (Å²) >= 11 is 9.38. The molecule has 150 valence electrons. The van der Waals surface area contributed by atoms with E-state index in [1.165, 1.54) is 6.21 Å². The summed E-state index contributed by atoms with van der Waals surface area (Å²) in [4.78, 5) is 12.2. The highest BCUT2D eigenvalue weighted by Gasteiger charge is 2.15. The number of hydrazone groups is 1. The van der Waals surface area contributed by atoms with Crippen molar-refractivity contribution in [1.29, 1.82) is 0 Å². The second-order valence-corrected chi connectivity index (χ2v) is 7.16. The fraction of sp³-hybridized carbons (Fsp3) is 0.300. The van der Waals surface area contributed by atoms with Crippen molar-refractivity contribution in [2.45, 2.75) is 26.9 Å². The van der Waals surface area contributed by atoms with Crippen LogP contribution in [0.5, 0.6) is 17.2 Å². The molecule has 2 rings (SSSR count). The van der Waals surface area contributed by atoms with E-state index in [0.717, 1.165) is 15.6 Å². The Balaban J connectivity index is 2.01. The summed E-state index contributed by atoms with van der Waals surface area (Å²) in [5, 5.41) is 4.60. The van der Waals surface area contributed by atoms with E-state index in [1.807, 2.05) is 19.9 Å². The topological polar surface area (TPSA) is 69.2 Å². The first-order valence-electron chi connectivity index (χ1n) is 8.61. The molecule has 8 heteroatoms. The standard InChI is InChI=1S/C20H22BrClN2O4/c1-5-27-19-16(21)9-14(10-18(19)26-4)11-23-24-20(25)13(3)28-17-7-6-15(22)8-12(17)2/h6-11,13H,5H2,1-4H3,(H,24,25). The number of aryl methyl sites for hydroxylation is 1. The summed E-state index contributed by atoms with van der Waals surface area (Å²) in [6.07, 6.45) is 0.792. The molecule has 1 unspecified atom stereocenters. The molecule has 0 aliphatic rings. The molecule has 0 saturated carbocycles. The highest BCUT2D eigenvalue weighted by Crippen LogP contribution is 2.36. The summed E-state index contributed by atoms with van der Waals surface area (Å²) in [6, 6.07) is 8.80. The van der Waals surface area contributed by atoms with Gasteiger partial charge in [0, 0.05) is 5.02 Å². The number of nitrogens with one attached hydrogen (secondary N) is 1. The van der Waals surface area contributed by atoms with Crippen LogP contribution >= 0.6 is 27.5 Å². The number of carbonyl (C=O) groups excluding carboxylic acids is 1. The van der Waals surface area contributed by atoms with Gasteiger partial charge in [-0.3, -0.25) is 4.79 Å². The molecule has 0 radical (unpaired) electrons. The molecule has 1 atom stereocenters. The lowest BCUT2D eigenvalue weighted by Gasteiger charge is -2.15. The van der Waals surface area contributed by atoms with Crippen molar-refractivity contribution in [3.63, 3.8) is 0 Å². The molecule has 2 aromatic carbocycles. The number of nitrogens with zero attached hydrogens (tertiary/aromatic N) is 1. The predicted octanol–water partition coefficient (Wildman–Crippen LogP) is 4.74. The lowest BCUT2D eigenvalue weighted by atomic mass is 10.2. The van der Waals surface area contributed by atoms with E-state index in [1.54, 1.807) is 38.3 Å². The molecule has 1 amide bonds. The number of hydrogen-bond acceptors (Lipinski definition) is 5. The van der Waals surface area contributed by atoms with Gasteiger partial charge in [-0.15, -0.1) is 0 Å². The van der Waals surface area contributed by atoms with Crippen LogP contribution in [0.25, 0.3) is 0 Å². The normalized spacial score (nSPS) is 11.9. The number of amides is 1. The molecule has 0 aliphatic heterocycles. The molecule has 0 saturated heterocycles. The van der Waals surface area contributed by atoms with Gasteiger partial charge in [0.25, 0.3) is 5.91 Å². The second-order valence-electron chi connectivity index (χ2n) is 5.87. The molecule has 6 nitrogen and oxygen atoms in total. The van der Waals surface area contributed by atoms with Crippen LogP contribution in [0.2, 0.25) is 5.02 Å². The maximum atomic E-state index is 12.2. The molecule has 28 heavy (non-hydrogen) atoms. The fourth-order valence-electron chi connectivity index (χ4n) is 2.35. The minimum atomic E-state index is -0.723. The van der Waals surface area contributed by atoms with Crippen LogP contribution in [-0.4, -0.2) is 31.9 Å². The minimum absolute atomic E-state index is 0.373. The van der Waals surface area contributed by atoms with Crippen LogP contribution in [-0.2, 0) is 4.79 Å². The Morgan fingerprint density at radius 1 is 1.32 bits per heavy atom. The van der Waals surface area contributed by atoms with Crippen LogP contribution in [0.3, 0.4) is 0 Å². The third-order valence-electron chi connectivity index (χ3n) is 3.74. The Labute approximate surface area is 177 Å². The maximum absolute atomic E-state index is 12.2. The van der Waals surface area contributed by atoms with E-state index in [-0.39, 0.29) is 5.91 Å². The Morgan fingerprint density at radius 2 is 2.07 bits per heavy atom. The van der Waals surface area contributed by atoms with E-state index in [0.29, 0.717) is 28.9 Å². The molecular formula is C20H22BrClN2O4. The van der Waals surface area contributed by atoms with Crippen LogP contribution in [0.1, 0.15) is 25.0 Å². The van der Waals surface area contributed by atoms with Crippen molar-refractivity contribution in [2.24, 2.45) is 5.10 Å². The van der Waals surface area contributed by atoms with Crippen molar-refractivity contribution < 1.29 is 19.0 Å². The zero-order chi connectivity index (χ0) is 20.7. The van der Waals surface area contributed by atoms with E-state index in [2.05, 4.69) is 26.5 Å². The van der Waals surface area contributed by atoms with Gasteiger partial charge in [0.05, 0.1) is 24.4 Å². The first-order valence-corrected chi connectivity index (χ1v) is 9.78. The number of halogens is 2. The molecule has 0 fully saturated rings. The minimum Gasteiger partial charge on any atom is -0.493 e. The lowest BCUT2D eigenvalue weighted by Crippen LogP contribution is -2.33. The quantitative estimate of drug-likeness (QED) is 0.448. The van der Waals surface area contributed by atoms with Crippen molar-refractivity contribution in [3.05, 3.63) is 51.0 Å². The molecule has 0 bridgehead atoms. The van der Waals surface area contributed by atoms with Gasteiger partial charge < -0.3 is 14.2 Å². The first kappa shape index (κ1) is 22.0. The molecule has 0 heterocycles. The van der Waals surface area contributed by atoms with Gasteiger partial charge in [0.1, 0.15) is 5.75 Å². The monoisotopic (exact) mass is 468 g/mol. The number of ether oxygens (including phenoxy) is 3. The number of rotatable bonds is 8. The smallest absolute Gasteiger partial charge is 0.280 e. The zero-order valence-electron chi connectivity index (χ0n) is 16.1. The Bertz CT molecular complexity index is 874. The average Bonchev–Trinajstić information content (AvgIpc) is 2.65. The predicted molar refractivity (Wildman–Crippen MR) is 114 cm³/mol. The highest BCUT2D eigenvalue weighted by atomic mass is 79.9. The average molecular weight is 470 g/mol. The van der Waals surface area contributed by atoms with Crippen LogP contribution in [0, 0.1) is 6.92 Å². The zero-order valence-corrected chi connectivity index (χ0v) is 18.4. The third-order valence-corrected chi connectivity index (χ3v) is 4.56. The maximum Gasteiger partial charge on any atom is 0.280 e. The van der Waals surface area contributed by atoms with Crippen molar-refractivity contribution in [3.8, 4) is 17.2 Å². The summed E-state index contributed by atoms with van der Waals surface area (Å²) in [5.41, 5.74) is 4.05. The second kappa shape index (κ2) is 10.3. The van der Waals surface area contributed by atoms with Gasteiger partial charge in [0.2, 0.25) is 0 Å². The third kappa shape index (κ3) is 5.87. The molecule has 1 N–H and O–H groups in total. The highest BCUT2D eigenvalue weighted by molar-refractivity contribution is 9.10. The number of benzene rings is 2. The Kier molecular flexibility index (Phi) is 8.14. The molecule has 0 aromatic heterocycles. The van der Waals surface area contributed by atoms with Crippen LogP contribution in [0.15, 0.2) is 39.9 Å². The van der Waals surface area contributed by atoms with Crippen LogP contribution < -0.4 is 19.6 Å². The molecule has 0 aliphatic carbocycles.